The lowest BCUT2D eigenvalue weighted by molar-refractivity contribution is -0.156. The minimum atomic E-state index is -0.804. The summed E-state index contributed by atoms with van der Waals surface area (Å²) >= 11 is 0. The number of aromatic hydroxyl groups is 1. The maximum atomic E-state index is 13.7. The van der Waals surface area contributed by atoms with Gasteiger partial charge in [-0.05, 0) is 86.3 Å². The molecule has 2 aliphatic carbocycles. The first kappa shape index (κ1) is 38.1. The number of pyridine rings is 1. The van der Waals surface area contributed by atoms with E-state index in [2.05, 4.69) is 39.1 Å². The number of carbonyl (C=O) groups is 2. The van der Waals surface area contributed by atoms with Crippen LogP contribution in [0.15, 0.2) is 82.1 Å². The lowest BCUT2D eigenvalue weighted by Gasteiger charge is -2.62. The van der Waals surface area contributed by atoms with Crippen molar-refractivity contribution in [3.8, 4) is 5.75 Å². The Morgan fingerprint density at radius 2 is 2.02 bits per heavy atom. The molecule has 12 heteroatoms. The molecule has 0 radical (unpaired) electrons. The van der Waals surface area contributed by atoms with Crippen LogP contribution in [0.3, 0.4) is 0 Å². The van der Waals surface area contributed by atoms with Gasteiger partial charge >= 0.3 is 5.97 Å². The summed E-state index contributed by atoms with van der Waals surface area (Å²) in [6, 6.07) is 9.42. The second-order valence-electron chi connectivity index (χ2n) is 15.6. The number of cyclic esters (lactones) is 1. The molecule has 6 rings (SSSR count). The van der Waals surface area contributed by atoms with Gasteiger partial charge in [0.05, 0.1) is 43.3 Å². The van der Waals surface area contributed by atoms with Gasteiger partial charge in [0.15, 0.2) is 5.78 Å². The second kappa shape index (κ2) is 15.4. The number of fused-ring (bicyclic) bond motifs is 1. The summed E-state index contributed by atoms with van der Waals surface area (Å²) < 4.78 is 5.79. The number of phenols is 1. The molecule has 53 heavy (non-hydrogen) atoms. The summed E-state index contributed by atoms with van der Waals surface area (Å²) in [5.74, 6) is 0.550. The number of amidine groups is 1. The molecule has 5 unspecified atom stereocenters. The minimum Gasteiger partial charge on any atom is -0.507 e. The summed E-state index contributed by atoms with van der Waals surface area (Å²) in [6.07, 6.45) is 8.33. The fourth-order valence-electron chi connectivity index (χ4n) is 8.83. The van der Waals surface area contributed by atoms with Gasteiger partial charge in [-0.3, -0.25) is 9.79 Å². The maximum absolute atomic E-state index is 13.7. The average molecular weight is 725 g/mol. The number of nitrogens with zero attached hydrogens (tertiary/aromatic N) is 4. The zero-order valence-corrected chi connectivity index (χ0v) is 31.2. The molecule has 5 N–H and O–H groups in total. The quantitative estimate of drug-likeness (QED) is 0.144. The summed E-state index contributed by atoms with van der Waals surface area (Å²) in [5, 5.41) is 40.0. The molecule has 1 aromatic heterocycles. The number of ketones is 1. The number of aromatic nitrogens is 1. The van der Waals surface area contributed by atoms with Crippen LogP contribution in [0.5, 0.6) is 5.75 Å². The van der Waals surface area contributed by atoms with Crippen LogP contribution < -0.4 is 15.5 Å². The molecule has 0 saturated heterocycles. The van der Waals surface area contributed by atoms with Crippen LogP contribution in [-0.2, 0) is 14.3 Å². The number of esters is 1. The Bertz CT molecular complexity index is 1860. The highest BCUT2D eigenvalue weighted by Gasteiger charge is 2.60. The smallest absolute Gasteiger partial charge is 0.341 e. The summed E-state index contributed by atoms with van der Waals surface area (Å²) in [7, 11) is 3.78. The van der Waals surface area contributed by atoms with Crippen LogP contribution in [0.1, 0.15) is 58.4 Å². The molecule has 282 valence electrons. The fraction of sp³-hybridized carbons (Fsp3) is 0.488. The molecule has 12 nitrogen and oxygen atoms in total. The molecule has 2 saturated carbocycles. The number of aliphatic hydroxyl groups excluding tert-OH is 2. The van der Waals surface area contributed by atoms with Crippen molar-refractivity contribution in [1.29, 1.82) is 0 Å². The zero-order valence-electron chi connectivity index (χ0n) is 31.2. The molecule has 3 heterocycles. The van der Waals surface area contributed by atoms with E-state index in [1.165, 1.54) is 0 Å². The van der Waals surface area contributed by atoms with Crippen molar-refractivity contribution in [2.75, 3.05) is 37.5 Å². The number of anilines is 2. The first-order chi connectivity index (χ1) is 25.2. The third-order valence-corrected chi connectivity index (χ3v) is 12.1. The molecule has 0 spiro atoms. The molecule has 0 bridgehead atoms. The highest BCUT2D eigenvalue weighted by Crippen LogP contribution is 2.62. The number of hydrogen-bond donors (Lipinski definition) is 5. The van der Waals surface area contributed by atoms with E-state index in [9.17, 15) is 24.9 Å². The zero-order chi connectivity index (χ0) is 38.1. The Morgan fingerprint density at radius 3 is 2.68 bits per heavy atom. The van der Waals surface area contributed by atoms with Gasteiger partial charge < -0.3 is 35.6 Å². The third-order valence-electron chi connectivity index (χ3n) is 12.1. The predicted molar refractivity (Wildman–Crippen MR) is 207 cm³/mol. The van der Waals surface area contributed by atoms with E-state index < -0.39 is 35.0 Å². The molecule has 4 aliphatic rings. The van der Waals surface area contributed by atoms with Gasteiger partial charge in [-0.2, -0.15) is 0 Å². The van der Waals surface area contributed by atoms with E-state index >= 15 is 0 Å². The van der Waals surface area contributed by atoms with E-state index in [1.54, 1.807) is 36.7 Å². The number of aliphatic imine (C=N–C) groups is 2. The Balaban J connectivity index is 1.36. The van der Waals surface area contributed by atoms with Crippen LogP contribution >= 0.6 is 0 Å². The van der Waals surface area contributed by atoms with Crippen molar-refractivity contribution in [2.45, 2.75) is 77.1 Å². The van der Waals surface area contributed by atoms with Gasteiger partial charge in [0.2, 0.25) is 0 Å². The summed E-state index contributed by atoms with van der Waals surface area (Å²) in [6.45, 7) is 10.9. The summed E-state index contributed by atoms with van der Waals surface area (Å²) in [5.41, 5.74) is 1.42. The number of ether oxygens (including phenoxy) is 1. The average Bonchev–Trinajstić information content (AvgIpc) is 3.79. The van der Waals surface area contributed by atoms with Gasteiger partial charge in [-0.15, -0.1) is 0 Å². The first-order valence-electron chi connectivity index (χ1n) is 18.4. The summed E-state index contributed by atoms with van der Waals surface area (Å²) in [4.78, 5) is 42.0. The minimum absolute atomic E-state index is 0.0376. The molecule has 0 amide bonds. The normalized spacial score (nSPS) is 30.0. The number of rotatable bonds is 13. The number of Topliss-reactive ketones (excluding diaryl/α,β-unsaturated/α-hetero) is 1. The molecular formula is C41H52N6O6. The van der Waals surface area contributed by atoms with E-state index in [-0.39, 0.29) is 42.4 Å². The van der Waals surface area contributed by atoms with Crippen LogP contribution in [0.2, 0.25) is 0 Å². The Labute approximate surface area is 311 Å². The van der Waals surface area contributed by atoms with Crippen molar-refractivity contribution in [1.82, 2.24) is 10.3 Å². The van der Waals surface area contributed by atoms with Crippen molar-refractivity contribution >= 4 is 41.4 Å². The van der Waals surface area contributed by atoms with E-state index in [0.29, 0.717) is 60.8 Å². The third kappa shape index (κ3) is 7.71. The van der Waals surface area contributed by atoms with Crippen molar-refractivity contribution < 1.29 is 29.6 Å². The lowest BCUT2D eigenvalue weighted by Crippen LogP contribution is -2.62. The molecule has 2 fully saturated rings. The molecule has 2 aromatic rings. The topological polar surface area (TPSA) is 169 Å². The molecule has 8 atom stereocenters. The van der Waals surface area contributed by atoms with Crippen LogP contribution in [0.25, 0.3) is 6.08 Å². The predicted octanol–water partition coefficient (Wildman–Crippen LogP) is 4.69. The fourth-order valence-corrected chi connectivity index (χ4v) is 8.83. The van der Waals surface area contributed by atoms with Crippen molar-refractivity contribution in [3.05, 3.63) is 77.7 Å². The number of nitrogens with one attached hydrogen (secondary N) is 2. The van der Waals surface area contributed by atoms with E-state index in [1.807, 2.05) is 57.1 Å². The standard InChI is InChI=1S/C41H52N6O6/c1-24-30(40(3)13-12-36(51)41(4,23-48)35(40)21-31(24)45-25(2)33(49)22-38-43-15-16-44-38)20-32(46-37-9-7-8-14-42-37)29-19-28(53-39(29)52)17-26-10-11-27(47(5)6)18-34(26)50/h7-11,14-15,17-19,25,30-32,35-36,45,48,50-51H,1,12-13,16,20-23H2,2-6H3,(H,42,46)/b28-17+/t25?,30?,31?,32?,35?,36-,40-,41+/m1/s1. The van der Waals surface area contributed by atoms with Crippen molar-refractivity contribution in [2.24, 2.45) is 32.7 Å². The van der Waals surface area contributed by atoms with E-state index in [4.69, 9.17) is 4.74 Å². The highest BCUT2D eigenvalue weighted by atomic mass is 16.5. The number of aliphatic hydroxyl groups is 2. The van der Waals surface area contributed by atoms with E-state index in [0.717, 1.165) is 11.3 Å². The Hall–Kier alpha value is -4.65. The van der Waals surface area contributed by atoms with Gasteiger partial charge in [0.25, 0.3) is 0 Å². The van der Waals surface area contributed by atoms with Crippen LogP contribution in [0.4, 0.5) is 11.5 Å². The SMILES string of the molecule is C=C1C(NC(C)C(=O)CC2=NCC=N2)CC2[C@](C)(CC[C@@H](O)[C@@]2(C)CO)C1CC(Nc1ccccn1)C1=C/C(=C\c2ccc(N(C)C)cc2O)OC1=O. The number of carbonyl (C=O) groups excluding carboxylic acids is 2. The lowest BCUT2D eigenvalue weighted by atomic mass is 9.45. The number of benzene rings is 1. The van der Waals surface area contributed by atoms with Gasteiger partial charge in [0.1, 0.15) is 23.2 Å². The second-order valence-corrected chi connectivity index (χ2v) is 15.6. The van der Waals surface area contributed by atoms with Gasteiger partial charge in [-0.25, -0.2) is 14.8 Å². The van der Waals surface area contributed by atoms with Crippen LogP contribution in [-0.4, -0.2) is 95.6 Å². The Kier molecular flexibility index (Phi) is 11.0. The van der Waals surface area contributed by atoms with Gasteiger partial charge in [-0.1, -0.05) is 32.1 Å². The van der Waals surface area contributed by atoms with Crippen LogP contribution in [0, 0.1) is 22.7 Å². The molecular weight excluding hydrogens is 672 g/mol. The van der Waals surface area contributed by atoms with Gasteiger partial charge in [0, 0.05) is 55.3 Å². The number of hydrogen-bond acceptors (Lipinski definition) is 12. The first-order valence-corrected chi connectivity index (χ1v) is 18.4. The van der Waals surface area contributed by atoms with Crippen molar-refractivity contribution in [3.63, 3.8) is 0 Å². The Morgan fingerprint density at radius 1 is 1.23 bits per heavy atom. The monoisotopic (exact) mass is 724 g/mol. The molecule has 2 aliphatic heterocycles. The highest BCUT2D eigenvalue weighted by molar-refractivity contribution is 6.07. The molecule has 1 aromatic carbocycles. The number of allylic oxidation sites excluding steroid dienone is 1. The maximum Gasteiger partial charge on any atom is 0.341 e. The number of phenolic OH excluding ortho intramolecular Hbond substituents is 1. The largest absolute Gasteiger partial charge is 0.507 e.